The zero-order chi connectivity index (χ0) is 33.6. The van der Waals surface area contributed by atoms with Crippen LogP contribution in [0.5, 0.6) is 0 Å². The lowest BCUT2D eigenvalue weighted by atomic mass is 9.97. The topological polar surface area (TPSA) is 90.9 Å². The number of thiophene rings is 1. The third-order valence-corrected chi connectivity index (χ3v) is 14.8. The number of aliphatic hydroxyl groups is 1. The van der Waals surface area contributed by atoms with Gasteiger partial charge in [-0.05, 0) is 58.6 Å². The first-order chi connectivity index (χ1) is 22.5. The van der Waals surface area contributed by atoms with Crippen molar-refractivity contribution < 1.29 is 23.5 Å². The van der Waals surface area contributed by atoms with Gasteiger partial charge < -0.3 is 25.1 Å². The second-order valence-corrected chi connectivity index (χ2v) is 18.8. The molecular weight excluding hydrogens is 653 g/mol. The number of hydrogen-bond donors (Lipinski definition) is 3. The maximum atomic E-state index is 15.2. The Hall–Kier alpha value is -3.54. The van der Waals surface area contributed by atoms with Crippen LogP contribution >= 0.6 is 22.9 Å². The molecule has 248 valence electrons. The molecule has 2 atom stereocenters. The van der Waals surface area contributed by atoms with Gasteiger partial charge in [0.2, 0.25) is 5.91 Å². The van der Waals surface area contributed by atoms with E-state index in [1.54, 1.807) is 29.2 Å². The van der Waals surface area contributed by atoms with E-state index in [0.717, 1.165) is 28.1 Å². The molecule has 2 amide bonds. The molecule has 1 saturated heterocycles. The second-order valence-electron chi connectivity index (χ2n) is 12.8. The third-order valence-electron chi connectivity index (χ3n) is 8.56. The van der Waals surface area contributed by atoms with Gasteiger partial charge in [-0.1, -0.05) is 93.0 Å². The maximum absolute atomic E-state index is 15.2. The van der Waals surface area contributed by atoms with Gasteiger partial charge in [0.1, 0.15) is 5.82 Å². The predicted octanol–water partition coefficient (Wildman–Crippen LogP) is 6.06. The van der Waals surface area contributed by atoms with Crippen molar-refractivity contribution in [3.05, 3.63) is 106 Å². The van der Waals surface area contributed by atoms with Crippen LogP contribution < -0.4 is 25.9 Å². The van der Waals surface area contributed by atoms with Crippen LogP contribution in [0.3, 0.4) is 0 Å². The van der Waals surface area contributed by atoms with Gasteiger partial charge in [-0.3, -0.25) is 9.59 Å². The van der Waals surface area contributed by atoms with Gasteiger partial charge in [-0.2, -0.15) is 0 Å². The highest BCUT2D eigenvalue weighted by Crippen LogP contribution is 2.38. The monoisotopic (exact) mass is 693 g/mol. The van der Waals surface area contributed by atoms with Gasteiger partial charge in [0.05, 0.1) is 26.9 Å². The number of rotatable bonds is 12. The molecule has 3 aromatic carbocycles. The number of hydrogen-bond acceptors (Lipinski definition) is 6. The average molecular weight is 694 g/mol. The molecule has 7 nitrogen and oxygen atoms in total. The Morgan fingerprint density at radius 3 is 2.28 bits per heavy atom. The van der Waals surface area contributed by atoms with Crippen LogP contribution in [0.15, 0.2) is 91.0 Å². The molecule has 11 heteroatoms. The van der Waals surface area contributed by atoms with Gasteiger partial charge in [0.15, 0.2) is 0 Å². The number of anilines is 2. The molecule has 1 aliphatic heterocycles. The molecular formula is C36H41ClFN3O4SSi. The van der Waals surface area contributed by atoms with E-state index in [1.807, 2.05) is 36.4 Å². The van der Waals surface area contributed by atoms with E-state index in [2.05, 4.69) is 55.7 Å². The highest BCUT2D eigenvalue weighted by molar-refractivity contribution is 7.18. The lowest BCUT2D eigenvalue weighted by molar-refractivity contribution is -0.124. The van der Waals surface area contributed by atoms with Crippen molar-refractivity contribution >= 4 is 64.8 Å². The summed E-state index contributed by atoms with van der Waals surface area (Å²) in [5, 5.41) is 18.0. The van der Waals surface area contributed by atoms with Gasteiger partial charge in [0.25, 0.3) is 14.2 Å². The SMILES string of the molecule is CC(C)(C)[Si](OCC1CCCN(c2ccc(NC[C@@H](O)CNC(=O)c3ccc(Cl)s3)c(F)c2)C1=O)(c1ccccc1)c1ccccc1. The largest absolute Gasteiger partial charge is 0.407 e. The highest BCUT2D eigenvalue weighted by Gasteiger charge is 2.50. The van der Waals surface area contributed by atoms with Crippen molar-refractivity contribution in [3.8, 4) is 0 Å². The summed E-state index contributed by atoms with van der Waals surface area (Å²) in [6.07, 6.45) is 0.523. The van der Waals surface area contributed by atoms with Crippen LogP contribution in [0.4, 0.5) is 15.8 Å². The van der Waals surface area contributed by atoms with Crippen molar-refractivity contribution in [2.24, 2.45) is 5.92 Å². The molecule has 1 unspecified atom stereocenters. The Labute approximate surface area is 285 Å². The minimum atomic E-state index is -2.82. The van der Waals surface area contributed by atoms with Crippen LogP contribution in [0.2, 0.25) is 9.37 Å². The van der Waals surface area contributed by atoms with E-state index < -0.39 is 20.2 Å². The first-order valence-corrected chi connectivity index (χ1v) is 18.9. The molecule has 47 heavy (non-hydrogen) atoms. The molecule has 2 heterocycles. The molecule has 4 aromatic rings. The Bertz CT molecular complexity index is 1630. The zero-order valence-corrected chi connectivity index (χ0v) is 29.4. The average Bonchev–Trinajstić information content (AvgIpc) is 3.50. The summed E-state index contributed by atoms with van der Waals surface area (Å²) in [4.78, 5) is 28.2. The van der Waals surface area contributed by atoms with E-state index in [1.165, 1.54) is 6.07 Å². The summed E-state index contributed by atoms with van der Waals surface area (Å²) in [5.41, 5.74) is 0.677. The number of aliphatic hydroxyl groups excluding tert-OH is 1. The lowest BCUT2D eigenvalue weighted by Crippen LogP contribution is -2.67. The van der Waals surface area contributed by atoms with Crippen molar-refractivity contribution in [1.82, 2.24) is 5.32 Å². The number of nitrogens with zero attached hydrogens (tertiary/aromatic N) is 1. The molecule has 0 saturated carbocycles. The van der Waals surface area contributed by atoms with Crippen molar-refractivity contribution in [1.29, 1.82) is 0 Å². The van der Waals surface area contributed by atoms with Gasteiger partial charge >= 0.3 is 0 Å². The number of halogens is 2. The molecule has 5 rings (SSSR count). The summed E-state index contributed by atoms with van der Waals surface area (Å²) in [5.74, 6) is -1.31. The smallest absolute Gasteiger partial charge is 0.261 e. The van der Waals surface area contributed by atoms with E-state index in [9.17, 15) is 14.7 Å². The summed E-state index contributed by atoms with van der Waals surface area (Å²) in [7, 11) is -2.82. The van der Waals surface area contributed by atoms with E-state index in [-0.39, 0.29) is 48.2 Å². The third kappa shape index (κ3) is 7.96. The molecule has 3 N–H and O–H groups in total. The van der Waals surface area contributed by atoms with Gasteiger partial charge in [0, 0.05) is 31.9 Å². The fraction of sp³-hybridized carbons (Fsp3) is 0.333. The molecule has 0 radical (unpaired) electrons. The fourth-order valence-corrected chi connectivity index (χ4v) is 11.8. The van der Waals surface area contributed by atoms with Crippen molar-refractivity contribution in [2.75, 3.05) is 36.5 Å². The van der Waals surface area contributed by atoms with E-state index in [0.29, 0.717) is 27.9 Å². The molecule has 1 fully saturated rings. The van der Waals surface area contributed by atoms with Crippen LogP contribution in [0, 0.1) is 11.7 Å². The number of benzene rings is 3. The Balaban J connectivity index is 1.24. The zero-order valence-electron chi connectivity index (χ0n) is 26.8. The number of nitrogens with one attached hydrogen (secondary N) is 2. The summed E-state index contributed by atoms with van der Waals surface area (Å²) in [6.45, 7) is 7.41. The number of piperidine rings is 1. The number of carbonyl (C=O) groups is 2. The first kappa shape index (κ1) is 34.8. The Kier molecular flexibility index (Phi) is 11.2. The van der Waals surface area contributed by atoms with Crippen LogP contribution in [0.25, 0.3) is 0 Å². The fourth-order valence-electron chi connectivity index (χ4n) is 6.20. The normalized spacial score (nSPS) is 16.2. The first-order valence-electron chi connectivity index (χ1n) is 15.8. The molecule has 1 aliphatic rings. The van der Waals surface area contributed by atoms with Crippen molar-refractivity contribution in [2.45, 2.75) is 44.8 Å². The van der Waals surface area contributed by atoms with Crippen LogP contribution in [-0.2, 0) is 9.22 Å². The quantitative estimate of drug-likeness (QED) is 0.157. The molecule has 0 bridgehead atoms. The number of carbonyl (C=O) groups excluding carboxylic acids is 2. The van der Waals surface area contributed by atoms with E-state index in [4.69, 9.17) is 16.0 Å². The van der Waals surface area contributed by atoms with Crippen LogP contribution in [0.1, 0.15) is 43.3 Å². The summed E-state index contributed by atoms with van der Waals surface area (Å²) in [6, 6.07) is 28.6. The summed E-state index contributed by atoms with van der Waals surface area (Å²) >= 11 is 7.03. The van der Waals surface area contributed by atoms with Crippen molar-refractivity contribution in [3.63, 3.8) is 0 Å². The van der Waals surface area contributed by atoms with Crippen LogP contribution in [-0.4, -0.2) is 57.6 Å². The molecule has 0 spiro atoms. The molecule has 0 aliphatic carbocycles. The predicted molar refractivity (Wildman–Crippen MR) is 191 cm³/mol. The highest BCUT2D eigenvalue weighted by atomic mass is 35.5. The van der Waals surface area contributed by atoms with Gasteiger partial charge in [-0.25, -0.2) is 4.39 Å². The minimum Gasteiger partial charge on any atom is -0.407 e. The number of amides is 2. The standard InChI is InChI=1S/C36H41ClFN3O4SSi/c1-36(2,3)47(28-12-6-4-7-13-28,29-14-8-5-9-15-29)45-24-25-11-10-20-41(35(25)44)26-16-17-31(30(38)21-26)39-22-27(42)23-40-34(43)32-18-19-33(37)46-32/h4-9,12-19,21,25,27,39,42H,10-11,20,22-24H2,1-3H3,(H,40,43)/t25?,27-/m1/s1. The maximum Gasteiger partial charge on any atom is 0.261 e. The Morgan fingerprint density at radius 2 is 1.70 bits per heavy atom. The second kappa shape index (κ2) is 15.1. The lowest BCUT2D eigenvalue weighted by Gasteiger charge is -2.44. The van der Waals surface area contributed by atoms with Gasteiger partial charge in [-0.15, -0.1) is 11.3 Å². The minimum absolute atomic E-state index is 0.0132. The summed E-state index contributed by atoms with van der Waals surface area (Å²) < 4.78 is 22.8. The molecule has 1 aromatic heterocycles. The van der Waals surface area contributed by atoms with E-state index >= 15 is 4.39 Å². The Morgan fingerprint density at radius 1 is 1.04 bits per heavy atom.